The van der Waals surface area contributed by atoms with Gasteiger partial charge in [-0.2, -0.15) is 0 Å². The van der Waals surface area contributed by atoms with E-state index < -0.39 is 0 Å². The van der Waals surface area contributed by atoms with Crippen molar-refractivity contribution in [3.63, 3.8) is 0 Å². The highest BCUT2D eigenvalue weighted by atomic mass is 32.1. The van der Waals surface area contributed by atoms with Crippen LogP contribution < -0.4 is 9.80 Å². The number of amides is 1. The number of carbonyl (C=O) groups excluding carboxylic acids is 1. The van der Waals surface area contributed by atoms with E-state index in [1.807, 2.05) is 29.2 Å². The van der Waals surface area contributed by atoms with Crippen molar-refractivity contribution in [2.24, 2.45) is 0 Å². The van der Waals surface area contributed by atoms with Crippen molar-refractivity contribution in [3.05, 3.63) is 48.2 Å². The third kappa shape index (κ3) is 4.05. The van der Waals surface area contributed by atoms with Crippen LogP contribution >= 0.6 is 11.3 Å². The highest BCUT2D eigenvalue weighted by Crippen LogP contribution is 2.28. The van der Waals surface area contributed by atoms with Crippen molar-refractivity contribution in [2.45, 2.75) is 26.8 Å². The highest BCUT2D eigenvalue weighted by Gasteiger charge is 2.24. The number of benzene rings is 1. The average Bonchev–Trinajstić information content (AvgIpc) is 3.18. The van der Waals surface area contributed by atoms with E-state index in [1.54, 1.807) is 17.5 Å². The van der Waals surface area contributed by atoms with Gasteiger partial charge in [-0.1, -0.05) is 11.3 Å². The van der Waals surface area contributed by atoms with Gasteiger partial charge in [-0.05, 0) is 57.2 Å². The van der Waals surface area contributed by atoms with E-state index in [9.17, 15) is 4.79 Å². The lowest BCUT2D eigenvalue weighted by atomic mass is 10.1. The molecular weight excluding hydrogens is 382 g/mol. The molecule has 0 spiro atoms. The fourth-order valence-corrected chi connectivity index (χ4v) is 4.78. The van der Waals surface area contributed by atoms with Gasteiger partial charge in [0.25, 0.3) is 5.91 Å². The Balaban J connectivity index is 1.39. The molecule has 4 rings (SSSR count). The van der Waals surface area contributed by atoms with Crippen LogP contribution in [0.3, 0.4) is 0 Å². The Morgan fingerprint density at radius 1 is 1.14 bits per heavy atom. The van der Waals surface area contributed by atoms with Crippen LogP contribution in [0.4, 0.5) is 10.8 Å². The van der Waals surface area contributed by atoms with Gasteiger partial charge in [0.2, 0.25) is 0 Å². The third-order valence-electron chi connectivity index (χ3n) is 5.40. The van der Waals surface area contributed by atoms with E-state index in [4.69, 9.17) is 0 Å². The molecule has 0 radical (unpaired) electrons. The third-order valence-corrected chi connectivity index (χ3v) is 6.44. The van der Waals surface area contributed by atoms with Crippen LogP contribution in [-0.2, 0) is 0 Å². The number of fused-ring (bicyclic) bond motifs is 1. The van der Waals surface area contributed by atoms with Crippen molar-refractivity contribution in [1.29, 1.82) is 0 Å². The van der Waals surface area contributed by atoms with Crippen LogP contribution in [0.1, 0.15) is 31.1 Å². The molecule has 1 amide bonds. The Morgan fingerprint density at radius 3 is 2.48 bits per heavy atom. The van der Waals surface area contributed by atoms with Crippen molar-refractivity contribution < 1.29 is 4.79 Å². The van der Waals surface area contributed by atoms with Crippen LogP contribution in [-0.4, -0.2) is 59.5 Å². The first-order valence-corrected chi connectivity index (χ1v) is 11.0. The van der Waals surface area contributed by atoms with E-state index in [1.165, 1.54) is 0 Å². The van der Waals surface area contributed by atoms with Crippen LogP contribution in [0.15, 0.2) is 42.6 Å². The van der Waals surface area contributed by atoms with Gasteiger partial charge in [-0.3, -0.25) is 4.79 Å². The van der Waals surface area contributed by atoms with E-state index in [-0.39, 0.29) is 5.91 Å². The maximum absolute atomic E-state index is 12.9. The van der Waals surface area contributed by atoms with Crippen molar-refractivity contribution in [3.8, 4) is 0 Å². The van der Waals surface area contributed by atoms with Crippen LogP contribution in [0, 0.1) is 0 Å². The van der Waals surface area contributed by atoms with E-state index in [2.05, 4.69) is 52.7 Å². The SMILES string of the molecule is CCN(c1ccc(C(=O)N2CCN(c3nc4cccnc4s3)CC2)cc1)C(C)C. The smallest absolute Gasteiger partial charge is 0.253 e. The normalized spacial score (nSPS) is 14.6. The number of rotatable bonds is 5. The molecule has 6 nitrogen and oxygen atoms in total. The molecule has 0 atom stereocenters. The number of hydrogen-bond acceptors (Lipinski definition) is 6. The highest BCUT2D eigenvalue weighted by molar-refractivity contribution is 7.21. The molecular formula is C22H27N5OS. The minimum absolute atomic E-state index is 0.106. The number of anilines is 2. The van der Waals surface area contributed by atoms with Crippen LogP contribution in [0.2, 0.25) is 0 Å². The molecule has 1 aliphatic rings. The lowest BCUT2D eigenvalue weighted by Crippen LogP contribution is -2.48. The summed E-state index contributed by atoms with van der Waals surface area (Å²) < 4.78 is 0. The summed E-state index contributed by atoms with van der Waals surface area (Å²) in [7, 11) is 0. The summed E-state index contributed by atoms with van der Waals surface area (Å²) in [5, 5.41) is 0.989. The largest absolute Gasteiger partial charge is 0.369 e. The first kappa shape index (κ1) is 19.6. The summed E-state index contributed by atoms with van der Waals surface area (Å²) in [4.78, 5) is 29.5. The maximum atomic E-state index is 12.9. The number of hydrogen-bond donors (Lipinski definition) is 0. The first-order chi connectivity index (χ1) is 14.1. The summed E-state index contributed by atoms with van der Waals surface area (Å²) >= 11 is 1.61. The van der Waals surface area contributed by atoms with E-state index >= 15 is 0 Å². The molecule has 7 heteroatoms. The Labute approximate surface area is 175 Å². The van der Waals surface area contributed by atoms with Gasteiger partial charge in [0.05, 0.1) is 0 Å². The fraction of sp³-hybridized carbons (Fsp3) is 0.409. The Kier molecular flexibility index (Phi) is 5.67. The van der Waals surface area contributed by atoms with Crippen molar-refractivity contribution in [2.75, 3.05) is 42.5 Å². The van der Waals surface area contributed by atoms with Gasteiger partial charge in [-0.15, -0.1) is 0 Å². The minimum atomic E-state index is 0.106. The minimum Gasteiger partial charge on any atom is -0.369 e. The van der Waals surface area contributed by atoms with E-state index in [0.29, 0.717) is 19.1 Å². The molecule has 3 aromatic rings. The quantitative estimate of drug-likeness (QED) is 0.640. The predicted molar refractivity (Wildman–Crippen MR) is 120 cm³/mol. The van der Waals surface area contributed by atoms with E-state index in [0.717, 1.165) is 46.4 Å². The summed E-state index contributed by atoms with van der Waals surface area (Å²) in [6, 6.07) is 12.4. The molecule has 0 unspecified atom stereocenters. The molecule has 0 saturated carbocycles. The van der Waals surface area contributed by atoms with Gasteiger partial charge < -0.3 is 14.7 Å². The monoisotopic (exact) mass is 409 g/mol. The molecule has 1 aromatic carbocycles. The number of pyridine rings is 1. The van der Waals surface area contributed by atoms with Gasteiger partial charge in [0.1, 0.15) is 10.3 Å². The number of carbonyl (C=O) groups is 1. The van der Waals surface area contributed by atoms with Gasteiger partial charge >= 0.3 is 0 Å². The fourth-order valence-electron chi connectivity index (χ4n) is 3.82. The number of thiazole rings is 1. The molecule has 0 N–H and O–H groups in total. The molecule has 29 heavy (non-hydrogen) atoms. The number of aromatic nitrogens is 2. The molecule has 0 bridgehead atoms. The van der Waals surface area contributed by atoms with Crippen LogP contribution in [0.5, 0.6) is 0 Å². The summed E-state index contributed by atoms with van der Waals surface area (Å²) in [5.41, 5.74) is 2.85. The molecule has 1 aliphatic heterocycles. The van der Waals surface area contributed by atoms with Gasteiger partial charge in [0, 0.05) is 56.2 Å². The van der Waals surface area contributed by atoms with Gasteiger partial charge in [-0.25, -0.2) is 9.97 Å². The lowest BCUT2D eigenvalue weighted by molar-refractivity contribution is 0.0747. The zero-order chi connectivity index (χ0) is 20.4. The van der Waals surface area contributed by atoms with Crippen molar-refractivity contribution >= 4 is 38.4 Å². The lowest BCUT2D eigenvalue weighted by Gasteiger charge is -2.34. The second-order valence-electron chi connectivity index (χ2n) is 7.53. The summed E-state index contributed by atoms with van der Waals surface area (Å²) in [5.74, 6) is 0.106. The Hall–Kier alpha value is -2.67. The average molecular weight is 410 g/mol. The topological polar surface area (TPSA) is 52.6 Å². The maximum Gasteiger partial charge on any atom is 0.253 e. The summed E-state index contributed by atoms with van der Waals surface area (Å²) in [6.07, 6.45) is 1.80. The molecule has 1 saturated heterocycles. The molecule has 1 fully saturated rings. The van der Waals surface area contributed by atoms with Gasteiger partial charge in [0.15, 0.2) is 5.13 Å². The standard InChI is InChI=1S/C22H27N5OS/c1-4-27(16(2)3)18-9-7-17(8-10-18)21(28)25-12-14-26(15-13-25)22-24-19-6-5-11-23-20(19)29-22/h5-11,16H,4,12-15H2,1-3H3. The number of nitrogens with zero attached hydrogens (tertiary/aromatic N) is 5. The predicted octanol–water partition coefficient (Wildman–Crippen LogP) is 3.89. The summed E-state index contributed by atoms with van der Waals surface area (Å²) in [6.45, 7) is 10.5. The van der Waals surface area contributed by atoms with Crippen molar-refractivity contribution in [1.82, 2.24) is 14.9 Å². The Bertz CT molecular complexity index is 943. The zero-order valence-electron chi connectivity index (χ0n) is 17.2. The number of piperazine rings is 1. The second-order valence-corrected chi connectivity index (χ2v) is 8.49. The Morgan fingerprint density at radius 2 is 1.86 bits per heavy atom. The molecule has 0 aliphatic carbocycles. The molecule has 2 aromatic heterocycles. The first-order valence-electron chi connectivity index (χ1n) is 10.2. The second kappa shape index (κ2) is 8.37. The van der Waals surface area contributed by atoms with Crippen LogP contribution in [0.25, 0.3) is 10.3 Å². The zero-order valence-corrected chi connectivity index (χ0v) is 18.0. The molecule has 3 heterocycles. The molecule has 152 valence electrons.